The Morgan fingerprint density at radius 3 is 2.72 bits per heavy atom. The van der Waals surface area contributed by atoms with E-state index < -0.39 is 0 Å². The minimum Gasteiger partial charge on any atom is -0.326 e. The van der Waals surface area contributed by atoms with E-state index in [0.717, 1.165) is 12.1 Å². The van der Waals surface area contributed by atoms with Crippen molar-refractivity contribution in [2.75, 3.05) is 13.1 Å². The Labute approximate surface area is 109 Å². The second-order valence-corrected chi connectivity index (χ2v) is 6.03. The average molecular weight is 245 g/mol. The normalized spacial score (nSPS) is 22.9. The van der Waals surface area contributed by atoms with E-state index >= 15 is 0 Å². The summed E-state index contributed by atoms with van der Waals surface area (Å²) >= 11 is 0. The molecule has 3 nitrogen and oxygen atoms in total. The highest BCUT2D eigenvalue weighted by molar-refractivity contribution is 5.14. The topological polar surface area (TPSA) is 42.1 Å². The van der Waals surface area contributed by atoms with Gasteiger partial charge in [0.15, 0.2) is 0 Å². The number of hydrogen-bond acceptors (Lipinski definition) is 3. The quantitative estimate of drug-likeness (QED) is 0.888. The van der Waals surface area contributed by atoms with Crippen molar-refractivity contribution >= 4 is 0 Å². The van der Waals surface area contributed by atoms with Crippen LogP contribution in [0.1, 0.15) is 43.4 Å². The number of nitrogens with two attached hydrogens (primary N) is 1. The van der Waals surface area contributed by atoms with Crippen LogP contribution in [0.15, 0.2) is 18.3 Å². The number of pyridine rings is 1. The van der Waals surface area contributed by atoms with Crippen LogP contribution >= 0.6 is 0 Å². The lowest BCUT2D eigenvalue weighted by Gasteiger charge is -2.23. The fraction of sp³-hybridized carbons (Fsp3) is 0.667. The third-order valence-corrected chi connectivity index (χ3v) is 4.69. The van der Waals surface area contributed by atoms with E-state index in [9.17, 15) is 0 Å². The minimum atomic E-state index is 0.583. The third kappa shape index (κ3) is 2.43. The van der Waals surface area contributed by atoms with E-state index in [4.69, 9.17) is 5.73 Å². The summed E-state index contributed by atoms with van der Waals surface area (Å²) in [4.78, 5) is 7.09. The minimum absolute atomic E-state index is 0.583. The molecular formula is C15H23N3. The van der Waals surface area contributed by atoms with Crippen molar-refractivity contribution in [3.8, 4) is 0 Å². The Bertz CT molecular complexity index is 393. The van der Waals surface area contributed by atoms with Crippen LogP contribution in [0.2, 0.25) is 0 Å². The summed E-state index contributed by atoms with van der Waals surface area (Å²) in [5.41, 5.74) is 8.56. The van der Waals surface area contributed by atoms with E-state index in [-0.39, 0.29) is 0 Å². The lowest BCUT2D eigenvalue weighted by atomic mass is 9.86. The molecule has 1 aromatic rings. The van der Waals surface area contributed by atoms with Gasteiger partial charge in [-0.05, 0) is 42.9 Å². The van der Waals surface area contributed by atoms with Crippen LogP contribution in [0.3, 0.4) is 0 Å². The standard InChI is InChI=1S/C15H23N3/c16-9-13-3-4-14(17-10-13)11-18-8-7-15(12-18)5-1-2-6-15/h3-4,10H,1-2,5-9,11-12,16H2. The molecule has 18 heavy (non-hydrogen) atoms. The van der Waals surface area contributed by atoms with Gasteiger partial charge in [0.1, 0.15) is 0 Å². The number of rotatable bonds is 3. The number of nitrogens with zero attached hydrogens (tertiary/aromatic N) is 2. The van der Waals surface area contributed by atoms with E-state index in [1.165, 1.54) is 50.9 Å². The van der Waals surface area contributed by atoms with Crippen molar-refractivity contribution in [2.24, 2.45) is 11.1 Å². The molecule has 1 aliphatic heterocycles. The molecule has 1 aliphatic carbocycles. The summed E-state index contributed by atoms with van der Waals surface area (Å²) in [5, 5.41) is 0. The molecule has 98 valence electrons. The largest absolute Gasteiger partial charge is 0.326 e. The van der Waals surface area contributed by atoms with Gasteiger partial charge in [0, 0.05) is 25.8 Å². The summed E-state index contributed by atoms with van der Waals surface area (Å²) in [5.74, 6) is 0. The van der Waals surface area contributed by atoms with Gasteiger partial charge >= 0.3 is 0 Å². The molecule has 3 rings (SSSR count). The second kappa shape index (κ2) is 4.98. The Morgan fingerprint density at radius 2 is 2.06 bits per heavy atom. The molecule has 0 aromatic carbocycles. The zero-order valence-corrected chi connectivity index (χ0v) is 11.1. The van der Waals surface area contributed by atoms with Crippen molar-refractivity contribution in [3.05, 3.63) is 29.6 Å². The molecule has 2 N–H and O–H groups in total. The first-order valence-corrected chi connectivity index (χ1v) is 7.16. The molecule has 0 radical (unpaired) electrons. The van der Waals surface area contributed by atoms with Gasteiger partial charge in [-0.25, -0.2) is 0 Å². The molecule has 1 aromatic heterocycles. The molecule has 3 heteroatoms. The van der Waals surface area contributed by atoms with Gasteiger partial charge < -0.3 is 5.73 Å². The van der Waals surface area contributed by atoms with Gasteiger partial charge in [-0.1, -0.05) is 18.9 Å². The zero-order valence-electron chi connectivity index (χ0n) is 11.1. The zero-order chi connectivity index (χ0) is 12.4. The number of aromatic nitrogens is 1. The molecule has 0 unspecified atom stereocenters. The van der Waals surface area contributed by atoms with Gasteiger partial charge in [0.2, 0.25) is 0 Å². The number of likely N-dealkylation sites (tertiary alicyclic amines) is 1. The molecule has 1 spiro atoms. The van der Waals surface area contributed by atoms with Gasteiger partial charge in [0.25, 0.3) is 0 Å². The molecular weight excluding hydrogens is 222 g/mol. The van der Waals surface area contributed by atoms with Crippen LogP contribution in [-0.2, 0) is 13.1 Å². The van der Waals surface area contributed by atoms with Crippen molar-refractivity contribution in [1.29, 1.82) is 0 Å². The summed E-state index contributed by atoms with van der Waals surface area (Å²) in [6.45, 7) is 4.13. The summed E-state index contributed by atoms with van der Waals surface area (Å²) in [7, 11) is 0. The summed E-state index contributed by atoms with van der Waals surface area (Å²) < 4.78 is 0. The monoisotopic (exact) mass is 245 g/mol. The highest BCUT2D eigenvalue weighted by Crippen LogP contribution is 2.45. The molecule has 2 heterocycles. The van der Waals surface area contributed by atoms with Crippen molar-refractivity contribution < 1.29 is 0 Å². The molecule has 0 atom stereocenters. The molecule has 1 saturated heterocycles. The summed E-state index contributed by atoms with van der Waals surface area (Å²) in [6.07, 6.45) is 9.09. The maximum absolute atomic E-state index is 5.59. The SMILES string of the molecule is NCc1ccc(CN2CCC3(CCCC3)C2)nc1. The first-order valence-electron chi connectivity index (χ1n) is 7.16. The first-order chi connectivity index (χ1) is 8.80. The third-order valence-electron chi connectivity index (χ3n) is 4.69. The van der Waals surface area contributed by atoms with Crippen LogP contribution in [0, 0.1) is 5.41 Å². The predicted octanol–water partition coefficient (Wildman–Crippen LogP) is 2.31. The van der Waals surface area contributed by atoms with Gasteiger partial charge in [-0.3, -0.25) is 9.88 Å². The van der Waals surface area contributed by atoms with Crippen LogP contribution < -0.4 is 5.73 Å². The van der Waals surface area contributed by atoms with Crippen molar-refractivity contribution in [3.63, 3.8) is 0 Å². The fourth-order valence-electron chi connectivity index (χ4n) is 3.59. The van der Waals surface area contributed by atoms with Crippen molar-refractivity contribution in [1.82, 2.24) is 9.88 Å². The average Bonchev–Trinajstić information content (AvgIpc) is 3.02. The maximum Gasteiger partial charge on any atom is 0.0544 e. The highest BCUT2D eigenvalue weighted by Gasteiger charge is 2.39. The van der Waals surface area contributed by atoms with Crippen LogP contribution in [0.25, 0.3) is 0 Å². The molecule has 0 bridgehead atoms. The smallest absolute Gasteiger partial charge is 0.0544 e. The Kier molecular flexibility index (Phi) is 3.35. The van der Waals surface area contributed by atoms with Gasteiger partial charge in [-0.2, -0.15) is 0 Å². The van der Waals surface area contributed by atoms with E-state index in [2.05, 4.69) is 22.0 Å². The summed E-state index contributed by atoms with van der Waals surface area (Å²) in [6, 6.07) is 4.23. The van der Waals surface area contributed by atoms with Gasteiger partial charge in [0.05, 0.1) is 5.69 Å². The first kappa shape index (κ1) is 12.1. The molecule has 2 aliphatic rings. The Balaban J connectivity index is 1.60. The number of hydrogen-bond donors (Lipinski definition) is 1. The van der Waals surface area contributed by atoms with Crippen LogP contribution in [-0.4, -0.2) is 23.0 Å². The predicted molar refractivity (Wildman–Crippen MR) is 72.9 cm³/mol. The lowest BCUT2D eigenvalue weighted by molar-refractivity contribution is 0.254. The Hall–Kier alpha value is -0.930. The molecule has 1 saturated carbocycles. The van der Waals surface area contributed by atoms with Crippen LogP contribution in [0.4, 0.5) is 0 Å². The second-order valence-electron chi connectivity index (χ2n) is 6.03. The van der Waals surface area contributed by atoms with Gasteiger partial charge in [-0.15, -0.1) is 0 Å². The fourth-order valence-corrected chi connectivity index (χ4v) is 3.59. The Morgan fingerprint density at radius 1 is 1.22 bits per heavy atom. The van der Waals surface area contributed by atoms with Crippen molar-refractivity contribution in [2.45, 2.75) is 45.2 Å². The molecule has 0 amide bonds. The highest BCUT2D eigenvalue weighted by atomic mass is 15.2. The van der Waals surface area contributed by atoms with E-state index in [0.29, 0.717) is 12.0 Å². The maximum atomic E-state index is 5.59. The molecule has 2 fully saturated rings. The van der Waals surface area contributed by atoms with Crippen LogP contribution in [0.5, 0.6) is 0 Å². The van der Waals surface area contributed by atoms with E-state index in [1.807, 2.05) is 6.20 Å². The lowest BCUT2D eigenvalue weighted by Crippen LogP contribution is -2.25. The van der Waals surface area contributed by atoms with E-state index in [1.54, 1.807) is 0 Å².